The molecule has 1 aromatic heterocycles. The van der Waals surface area contributed by atoms with E-state index in [-0.39, 0.29) is 11.6 Å². The first kappa shape index (κ1) is 10.5. The van der Waals surface area contributed by atoms with Crippen LogP contribution < -0.4 is 0 Å². The van der Waals surface area contributed by atoms with Gasteiger partial charge in [-0.25, -0.2) is 4.39 Å². The first-order valence-electron chi connectivity index (χ1n) is 4.23. The number of hydrogen-bond donors (Lipinski definition) is 0. The molecule has 4 heteroatoms. The molecular weight excluding hydrogens is 279 g/mol. The number of ketones is 1. The average molecular weight is 285 g/mol. The van der Waals surface area contributed by atoms with Gasteiger partial charge in [-0.1, -0.05) is 30.3 Å². The van der Waals surface area contributed by atoms with Crippen molar-refractivity contribution < 1.29 is 9.18 Å². The molecule has 0 saturated carbocycles. The van der Waals surface area contributed by atoms with Crippen molar-refractivity contribution in [2.45, 2.75) is 0 Å². The van der Waals surface area contributed by atoms with Gasteiger partial charge in [-0.3, -0.25) is 4.79 Å². The van der Waals surface area contributed by atoms with E-state index >= 15 is 0 Å². The van der Waals surface area contributed by atoms with E-state index in [0.717, 1.165) is 11.3 Å². The van der Waals surface area contributed by atoms with Crippen molar-refractivity contribution in [1.29, 1.82) is 0 Å². The van der Waals surface area contributed by atoms with Gasteiger partial charge in [0.15, 0.2) is 0 Å². The molecule has 0 bridgehead atoms. The maximum absolute atomic E-state index is 13.0. The second-order valence-corrected chi connectivity index (χ2v) is 5.30. The lowest BCUT2D eigenvalue weighted by Crippen LogP contribution is -1.97. The van der Waals surface area contributed by atoms with Crippen LogP contribution in [-0.4, -0.2) is 5.78 Å². The molecule has 0 fully saturated rings. The first-order valence-corrected chi connectivity index (χ1v) is 5.84. The van der Waals surface area contributed by atoms with Crippen LogP contribution in [0.5, 0.6) is 0 Å². The van der Waals surface area contributed by atoms with Crippen LogP contribution >= 0.6 is 27.3 Å². The average Bonchev–Trinajstić information content (AvgIpc) is 2.59. The van der Waals surface area contributed by atoms with Crippen molar-refractivity contribution in [1.82, 2.24) is 0 Å². The highest BCUT2D eigenvalue weighted by atomic mass is 79.9. The summed E-state index contributed by atoms with van der Waals surface area (Å²) in [4.78, 5) is 12.2. The van der Waals surface area contributed by atoms with E-state index in [1.54, 1.807) is 24.3 Å². The summed E-state index contributed by atoms with van der Waals surface area (Å²) in [5.41, 5.74) is 0.575. The Bertz CT molecular complexity index is 473. The summed E-state index contributed by atoms with van der Waals surface area (Å²) in [7, 11) is 0. The van der Waals surface area contributed by atoms with Crippen LogP contribution in [0.3, 0.4) is 0 Å². The van der Waals surface area contributed by atoms with Crippen molar-refractivity contribution in [3.63, 3.8) is 0 Å². The molecule has 15 heavy (non-hydrogen) atoms. The molecule has 0 amide bonds. The third-order valence-electron chi connectivity index (χ3n) is 1.90. The summed E-state index contributed by atoms with van der Waals surface area (Å²) in [5, 5.41) is 0. The van der Waals surface area contributed by atoms with Gasteiger partial charge >= 0.3 is 0 Å². The summed E-state index contributed by atoms with van der Waals surface area (Å²) in [6.07, 6.45) is 0. The smallest absolute Gasteiger partial charge is 0.203 e. The van der Waals surface area contributed by atoms with Gasteiger partial charge in [0.1, 0.15) is 9.60 Å². The topological polar surface area (TPSA) is 17.1 Å². The molecule has 0 spiro atoms. The quantitative estimate of drug-likeness (QED) is 0.765. The van der Waals surface area contributed by atoms with Crippen LogP contribution in [-0.2, 0) is 0 Å². The Kier molecular flexibility index (Phi) is 2.98. The molecule has 2 aromatic rings. The van der Waals surface area contributed by atoms with Crippen LogP contribution in [0.4, 0.5) is 4.39 Å². The summed E-state index contributed by atoms with van der Waals surface area (Å²) in [5.74, 6) is -0.538. The number of carbonyl (C=O) groups is 1. The van der Waals surface area contributed by atoms with Gasteiger partial charge in [0.05, 0.1) is 4.88 Å². The summed E-state index contributed by atoms with van der Waals surface area (Å²) in [6.45, 7) is 0. The highest BCUT2D eigenvalue weighted by molar-refractivity contribution is 9.11. The number of halogens is 2. The van der Waals surface area contributed by atoms with E-state index in [2.05, 4.69) is 15.9 Å². The molecule has 1 nitrogen and oxygen atoms in total. The Hall–Kier alpha value is -1.00. The maximum Gasteiger partial charge on any atom is 0.203 e. The standard InChI is InChI=1S/C11H6BrFOS/c12-11-8(13)6-9(15-11)10(14)7-4-2-1-3-5-7/h1-6H. The second-order valence-electron chi connectivity index (χ2n) is 2.93. The zero-order chi connectivity index (χ0) is 10.8. The second kappa shape index (κ2) is 4.24. The van der Waals surface area contributed by atoms with Crippen molar-refractivity contribution >= 4 is 33.0 Å². The van der Waals surface area contributed by atoms with Gasteiger partial charge in [-0.15, -0.1) is 11.3 Å². The van der Waals surface area contributed by atoms with Crippen molar-refractivity contribution in [2.75, 3.05) is 0 Å². The highest BCUT2D eigenvalue weighted by Crippen LogP contribution is 2.28. The lowest BCUT2D eigenvalue weighted by atomic mass is 10.1. The molecule has 0 aliphatic heterocycles. The predicted octanol–water partition coefficient (Wildman–Crippen LogP) is 3.88. The molecule has 1 heterocycles. The SMILES string of the molecule is O=C(c1ccccc1)c1cc(F)c(Br)s1. The minimum absolute atomic E-state index is 0.148. The highest BCUT2D eigenvalue weighted by Gasteiger charge is 2.14. The van der Waals surface area contributed by atoms with E-state index < -0.39 is 0 Å². The van der Waals surface area contributed by atoms with E-state index in [1.807, 2.05) is 6.07 Å². The first-order chi connectivity index (χ1) is 7.18. The van der Waals surface area contributed by atoms with E-state index in [0.29, 0.717) is 14.2 Å². The Morgan fingerprint density at radius 3 is 2.47 bits per heavy atom. The molecule has 0 atom stereocenters. The minimum atomic E-state index is -0.390. The zero-order valence-electron chi connectivity index (χ0n) is 7.54. The Balaban J connectivity index is 2.37. The molecule has 1 aromatic carbocycles. The fourth-order valence-corrected chi connectivity index (χ4v) is 2.55. The van der Waals surface area contributed by atoms with Crippen LogP contribution in [0, 0.1) is 5.82 Å². The van der Waals surface area contributed by atoms with Gasteiger partial charge in [-0.2, -0.15) is 0 Å². The van der Waals surface area contributed by atoms with Gasteiger partial charge in [-0.05, 0) is 22.0 Å². The van der Waals surface area contributed by atoms with Crippen molar-refractivity contribution in [2.24, 2.45) is 0 Å². The predicted molar refractivity (Wildman–Crippen MR) is 61.9 cm³/mol. The lowest BCUT2D eigenvalue weighted by Gasteiger charge is -1.95. The zero-order valence-corrected chi connectivity index (χ0v) is 9.94. The number of hydrogen-bond acceptors (Lipinski definition) is 2. The minimum Gasteiger partial charge on any atom is -0.288 e. The van der Waals surface area contributed by atoms with Crippen molar-refractivity contribution in [3.05, 3.63) is 56.4 Å². The normalized spacial score (nSPS) is 10.3. The third-order valence-corrected chi connectivity index (χ3v) is 3.67. The largest absolute Gasteiger partial charge is 0.288 e. The van der Waals surface area contributed by atoms with Crippen LogP contribution in [0.25, 0.3) is 0 Å². The molecule has 0 unspecified atom stereocenters. The third kappa shape index (κ3) is 2.16. The molecule has 76 valence electrons. The van der Waals surface area contributed by atoms with Gasteiger partial charge < -0.3 is 0 Å². The number of rotatable bonds is 2. The number of benzene rings is 1. The lowest BCUT2D eigenvalue weighted by molar-refractivity contribution is 0.104. The summed E-state index contributed by atoms with van der Waals surface area (Å²) < 4.78 is 13.4. The molecular formula is C11H6BrFOS. The fraction of sp³-hybridized carbons (Fsp3) is 0. The molecule has 0 N–H and O–H groups in total. The molecule has 0 aliphatic rings. The van der Waals surface area contributed by atoms with Gasteiger partial charge in [0, 0.05) is 5.56 Å². The van der Waals surface area contributed by atoms with Crippen LogP contribution in [0.15, 0.2) is 40.2 Å². The monoisotopic (exact) mass is 284 g/mol. The van der Waals surface area contributed by atoms with Crippen LogP contribution in [0.1, 0.15) is 15.2 Å². The number of thiophene rings is 1. The molecule has 0 radical (unpaired) electrons. The van der Waals surface area contributed by atoms with Gasteiger partial charge in [0.2, 0.25) is 5.78 Å². The Morgan fingerprint density at radius 1 is 1.27 bits per heavy atom. The number of carbonyl (C=O) groups excluding carboxylic acids is 1. The van der Waals surface area contributed by atoms with E-state index in [1.165, 1.54) is 6.07 Å². The summed E-state index contributed by atoms with van der Waals surface area (Å²) in [6, 6.07) is 10.1. The molecule has 0 aliphatic carbocycles. The maximum atomic E-state index is 13.0. The summed E-state index contributed by atoms with van der Waals surface area (Å²) >= 11 is 4.16. The fourth-order valence-electron chi connectivity index (χ4n) is 1.19. The molecule has 0 saturated heterocycles. The Labute approximate surface area is 98.7 Å². The van der Waals surface area contributed by atoms with Crippen molar-refractivity contribution in [3.8, 4) is 0 Å². The van der Waals surface area contributed by atoms with Gasteiger partial charge in [0.25, 0.3) is 0 Å². The van der Waals surface area contributed by atoms with Crippen LogP contribution in [0.2, 0.25) is 0 Å². The van der Waals surface area contributed by atoms with E-state index in [4.69, 9.17) is 0 Å². The Morgan fingerprint density at radius 2 is 1.93 bits per heavy atom. The van der Waals surface area contributed by atoms with E-state index in [9.17, 15) is 9.18 Å². The molecule has 2 rings (SSSR count).